The van der Waals surface area contributed by atoms with Crippen molar-refractivity contribution in [3.63, 3.8) is 0 Å². The number of aryl methyl sites for hydroxylation is 2. The Hall–Kier alpha value is -1.00. The molecule has 1 heterocycles. The van der Waals surface area contributed by atoms with Gasteiger partial charge in [-0.25, -0.2) is 9.97 Å². The van der Waals surface area contributed by atoms with E-state index in [4.69, 9.17) is 14.7 Å². The molecule has 1 atom stereocenters. The van der Waals surface area contributed by atoms with Crippen molar-refractivity contribution in [3.05, 3.63) is 22.8 Å². The molecule has 0 aromatic carbocycles. The molecule has 0 amide bonds. The van der Waals surface area contributed by atoms with Crippen LogP contribution >= 0.6 is 0 Å². The Balaban J connectivity index is 1.62. The van der Waals surface area contributed by atoms with Gasteiger partial charge in [0, 0.05) is 31.0 Å². The van der Waals surface area contributed by atoms with E-state index in [-0.39, 0.29) is 0 Å². The van der Waals surface area contributed by atoms with Crippen molar-refractivity contribution < 1.29 is 4.74 Å². The van der Waals surface area contributed by atoms with E-state index < -0.39 is 0 Å². The highest BCUT2D eigenvalue weighted by Gasteiger charge is 2.27. The molecular formula is C17H27N3O. The third kappa shape index (κ3) is 3.43. The van der Waals surface area contributed by atoms with Crippen LogP contribution in [0.25, 0.3) is 0 Å². The Bertz CT molecular complexity index is 485. The molecule has 1 unspecified atom stereocenters. The summed E-state index contributed by atoms with van der Waals surface area (Å²) < 4.78 is 5.08. The van der Waals surface area contributed by atoms with Crippen LogP contribution in [0.1, 0.15) is 54.4 Å². The Morgan fingerprint density at radius 3 is 2.81 bits per heavy atom. The number of fused-ring (bicyclic) bond motifs is 1. The first-order chi connectivity index (χ1) is 10.3. The number of hydrogen-bond acceptors (Lipinski definition) is 4. The van der Waals surface area contributed by atoms with Gasteiger partial charge in [-0.1, -0.05) is 6.42 Å². The Labute approximate surface area is 127 Å². The van der Waals surface area contributed by atoms with E-state index >= 15 is 0 Å². The quantitative estimate of drug-likeness (QED) is 0.817. The van der Waals surface area contributed by atoms with Gasteiger partial charge in [0.25, 0.3) is 0 Å². The van der Waals surface area contributed by atoms with Crippen molar-refractivity contribution in [2.75, 3.05) is 26.8 Å². The molecule has 1 aromatic rings. The summed E-state index contributed by atoms with van der Waals surface area (Å²) in [6.45, 7) is 4.97. The fraction of sp³-hybridized carbons (Fsp3) is 0.765. The second-order valence-corrected chi connectivity index (χ2v) is 6.53. The number of aromatic nitrogens is 2. The van der Waals surface area contributed by atoms with Crippen LogP contribution in [0, 0.1) is 12.8 Å². The van der Waals surface area contributed by atoms with Gasteiger partial charge in [-0.15, -0.1) is 0 Å². The molecule has 0 radical (unpaired) electrons. The van der Waals surface area contributed by atoms with Gasteiger partial charge < -0.3 is 10.1 Å². The van der Waals surface area contributed by atoms with Gasteiger partial charge in [-0.2, -0.15) is 0 Å². The maximum Gasteiger partial charge on any atom is 0.131 e. The minimum Gasteiger partial charge on any atom is -0.383 e. The number of nitrogens with zero attached hydrogens (tertiary/aromatic N) is 2. The highest BCUT2D eigenvalue weighted by molar-refractivity contribution is 5.29. The van der Waals surface area contributed by atoms with E-state index in [0.717, 1.165) is 38.4 Å². The summed E-state index contributed by atoms with van der Waals surface area (Å²) in [5.41, 5.74) is 3.98. The molecule has 21 heavy (non-hydrogen) atoms. The van der Waals surface area contributed by atoms with Gasteiger partial charge in [0.15, 0.2) is 0 Å². The molecule has 4 nitrogen and oxygen atoms in total. The summed E-state index contributed by atoms with van der Waals surface area (Å²) in [5, 5.41) is 3.49. The smallest absolute Gasteiger partial charge is 0.131 e. The van der Waals surface area contributed by atoms with Crippen LogP contribution in [0.2, 0.25) is 0 Å². The van der Waals surface area contributed by atoms with Crippen molar-refractivity contribution in [2.24, 2.45) is 5.92 Å². The molecule has 4 heteroatoms. The van der Waals surface area contributed by atoms with Crippen LogP contribution in [-0.2, 0) is 17.6 Å². The Morgan fingerprint density at radius 2 is 2.10 bits per heavy atom. The number of rotatable bonds is 6. The monoisotopic (exact) mass is 289 g/mol. The van der Waals surface area contributed by atoms with Crippen LogP contribution in [0.15, 0.2) is 0 Å². The summed E-state index contributed by atoms with van der Waals surface area (Å²) in [5.74, 6) is 2.47. The SMILES string of the molecule is COCCNCC1CCc2nc(C3CCC3)nc(C)c2C1. The lowest BCUT2D eigenvalue weighted by Crippen LogP contribution is -2.30. The number of ether oxygens (including phenoxy) is 1. The number of methoxy groups -OCH3 is 1. The standard InChI is InChI=1S/C17H27N3O/c1-12-15-10-13(11-18-8-9-21-2)6-7-16(15)20-17(19-12)14-4-3-5-14/h13-14,18H,3-11H2,1-2H3. The van der Waals surface area contributed by atoms with Gasteiger partial charge in [0.05, 0.1) is 6.61 Å². The van der Waals surface area contributed by atoms with Gasteiger partial charge >= 0.3 is 0 Å². The minimum atomic E-state index is 0.641. The van der Waals surface area contributed by atoms with E-state index in [1.165, 1.54) is 42.6 Å². The topological polar surface area (TPSA) is 47.0 Å². The number of hydrogen-bond donors (Lipinski definition) is 1. The van der Waals surface area contributed by atoms with Crippen LogP contribution < -0.4 is 5.32 Å². The molecule has 1 N–H and O–H groups in total. The van der Waals surface area contributed by atoms with Crippen LogP contribution in [0.3, 0.4) is 0 Å². The first-order valence-corrected chi connectivity index (χ1v) is 8.34. The summed E-state index contributed by atoms with van der Waals surface area (Å²) >= 11 is 0. The van der Waals surface area contributed by atoms with Crippen LogP contribution in [-0.4, -0.2) is 36.8 Å². The molecule has 0 bridgehead atoms. The van der Waals surface area contributed by atoms with Crippen molar-refractivity contribution in [2.45, 2.75) is 51.4 Å². The molecule has 116 valence electrons. The minimum absolute atomic E-state index is 0.641. The molecule has 1 saturated carbocycles. The molecule has 0 aliphatic heterocycles. The maximum absolute atomic E-state index is 5.08. The van der Waals surface area contributed by atoms with Gasteiger partial charge in [-0.3, -0.25) is 0 Å². The molecule has 2 aliphatic carbocycles. The van der Waals surface area contributed by atoms with Crippen LogP contribution in [0.4, 0.5) is 0 Å². The molecular weight excluding hydrogens is 262 g/mol. The van der Waals surface area contributed by atoms with Crippen molar-refractivity contribution in [1.29, 1.82) is 0 Å². The maximum atomic E-state index is 5.08. The third-order valence-corrected chi connectivity index (χ3v) is 4.99. The third-order valence-electron chi connectivity index (χ3n) is 4.99. The van der Waals surface area contributed by atoms with Crippen molar-refractivity contribution >= 4 is 0 Å². The second kappa shape index (κ2) is 6.84. The molecule has 1 aromatic heterocycles. The van der Waals surface area contributed by atoms with E-state index in [9.17, 15) is 0 Å². The Morgan fingerprint density at radius 1 is 1.24 bits per heavy atom. The molecule has 1 fully saturated rings. The predicted octanol–water partition coefficient (Wildman–Crippen LogP) is 2.39. The molecule has 0 spiro atoms. The van der Waals surface area contributed by atoms with Gasteiger partial charge in [0.1, 0.15) is 5.82 Å². The lowest BCUT2D eigenvalue weighted by molar-refractivity contribution is 0.197. The van der Waals surface area contributed by atoms with Gasteiger partial charge in [-0.05, 0) is 57.1 Å². The van der Waals surface area contributed by atoms with E-state index in [1.54, 1.807) is 7.11 Å². The van der Waals surface area contributed by atoms with Crippen molar-refractivity contribution in [1.82, 2.24) is 15.3 Å². The van der Waals surface area contributed by atoms with E-state index in [0.29, 0.717) is 11.8 Å². The normalized spacial score (nSPS) is 21.9. The average Bonchev–Trinajstić information content (AvgIpc) is 2.42. The molecule has 2 aliphatic rings. The zero-order valence-electron chi connectivity index (χ0n) is 13.3. The first-order valence-electron chi connectivity index (χ1n) is 8.34. The highest BCUT2D eigenvalue weighted by Crippen LogP contribution is 2.36. The lowest BCUT2D eigenvalue weighted by atomic mass is 9.83. The zero-order chi connectivity index (χ0) is 14.7. The van der Waals surface area contributed by atoms with Crippen molar-refractivity contribution in [3.8, 4) is 0 Å². The molecule has 0 saturated heterocycles. The largest absolute Gasteiger partial charge is 0.383 e. The highest BCUT2D eigenvalue weighted by atomic mass is 16.5. The van der Waals surface area contributed by atoms with E-state index in [2.05, 4.69) is 12.2 Å². The summed E-state index contributed by atoms with van der Waals surface area (Å²) in [7, 11) is 1.75. The second-order valence-electron chi connectivity index (χ2n) is 6.53. The molecule has 3 rings (SSSR count). The summed E-state index contributed by atoms with van der Waals surface area (Å²) in [6.07, 6.45) is 7.41. The van der Waals surface area contributed by atoms with Gasteiger partial charge in [0.2, 0.25) is 0 Å². The summed E-state index contributed by atoms with van der Waals surface area (Å²) in [6, 6.07) is 0. The van der Waals surface area contributed by atoms with Crippen LogP contribution in [0.5, 0.6) is 0 Å². The zero-order valence-corrected chi connectivity index (χ0v) is 13.3. The number of nitrogens with one attached hydrogen (secondary N) is 1. The Kier molecular flexibility index (Phi) is 4.86. The lowest BCUT2D eigenvalue weighted by Gasteiger charge is -2.29. The average molecular weight is 289 g/mol. The first kappa shape index (κ1) is 14.9. The predicted molar refractivity (Wildman–Crippen MR) is 83.6 cm³/mol. The summed E-state index contributed by atoms with van der Waals surface area (Å²) in [4.78, 5) is 9.69. The van der Waals surface area contributed by atoms with E-state index in [1.807, 2.05) is 0 Å². The fourth-order valence-electron chi connectivity index (χ4n) is 3.39. The fourth-order valence-corrected chi connectivity index (χ4v) is 3.39.